The molecular weight excluding hydrogens is 348 g/mol. The zero-order valence-electron chi connectivity index (χ0n) is 15.9. The van der Waals surface area contributed by atoms with E-state index in [1.54, 1.807) is 25.8 Å². The number of anilines is 1. The summed E-state index contributed by atoms with van der Waals surface area (Å²) in [5.41, 5.74) is 1.51. The third kappa shape index (κ3) is 3.34. The number of aromatic nitrogens is 3. The molecule has 2 aromatic rings. The van der Waals surface area contributed by atoms with Gasteiger partial charge in [0.25, 0.3) is 0 Å². The van der Waals surface area contributed by atoms with Crippen LogP contribution in [0.25, 0.3) is 0 Å². The second-order valence-electron chi connectivity index (χ2n) is 5.98. The number of benzene rings is 1. The molecule has 3 rings (SSSR count). The fraction of sp³-hybridized carbons (Fsp3) is 0.421. The minimum Gasteiger partial charge on any atom is -0.493 e. The number of nitrogens with zero attached hydrogens (tertiary/aromatic N) is 3. The van der Waals surface area contributed by atoms with E-state index >= 15 is 0 Å². The third-order valence-corrected chi connectivity index (χ3v) is 4.46. The predicted molar refractivity (Wildman–Crippen MR) is 99.8 cm³/mol. The molecule has 1 aliphatic rings. The van der Waals surface area contributed by atoms with Crippen LogP contribution in [0.1, 0.15) is 31.9 Å². The molecule has 8 nitrogen and oxygen atoms in total. The Balaban J connectivity index is 2.23. The molecule has 0 aliphatic carbocycles. The summed E-state index contributed by atoms with van der Waals surface area (Å²) in [5.74, 6) is 0.753. The highest BCUT2D eigenvalue weighted by atomic mass is 16.5. The molecule has 0 radical (unpaired) electrons. The van der Waals surface area contributed by atoms with Gasteiger partial charge in [-0.1, -0.05) is 25.1 Å². The smallest absolute Gasteiger partial charge is 0.317 e. The average Bonchev–Trinajstić information content (AvgIpc) is 3.14. The van der Waals surface area contributed by atoms with Crippen LogP contribution >= 0.6 is 0 Å². The van der Waals surface area contributed by atoms with Crippen molar-refractivity contribution in [3.8, 4) is 11.5 Å². The van der Waals surface area contributed by atoms with Crippen LogP contribution in [0, 0.1) is 5.92 Å². The van der Waals surface area contributed by atoms with E-state index in [0.29, 0.717) is 24.1 Å². The number of para-hydroxylation sites is 1. The summed E-state index contributed by atoms with van der Waals surface area (Å²) in [7, 11) is 3.16. The van der Waals surface area contributed by atoms with E-state index in [1.165, 1.54) is 6.33 Å². The molecule has 1 N–H and O–H groups in total. The van der Waals surface area contributed by atoms with Crippen molar-refractivity contribution in [1.29, 1.82) is 0 Å². The van der Waals surface area contributed by atoms with E-state index in [0.717, 1.165) is 17.7 Å². The standard InChI is InChI=1S/C19H24N4O4/c1-5-8-13-15(18(24)27-6-2)16(23-19(22-13)20-11-21-23)12-9-7-10-14(25-3)17(12)26-4/h7-11,15-16H,5-6H2,1-4H3,(H,20,21,22)/b13-8-/t15-,16-/m1/s1. The molecule has 0 amide bonds. The Morgan fingerprint density at radius 1 is 1.30 bits per heavy atom. The Hall–Kier alpha value is -3.03. The maximum absolute atomic E-state index is 12.9. The van der Waals surface area contributed by atoms with Crippen LogP contribution in [0.2, 0.25) is 0 Å². The number of allylic oxidation sites excluding steroid dienone is 1. The number of carbonyl (C=O) groups is 1. The second-order valence-corrected chi connectivity index (χ2v) is 5.98. The van der Waals surface area contributed by atoms with Crippen LogP contribution in [0.4, 0.5) is 5.95 Å². The number of rotatable bonds is 6. The minimum atomic E-state index is -0.611. The number of carbonyl (C=O) groups excluding carboxylic acids is 1. The van der Waals surface area contributed by atoms with Gasteiger partial charge < -0.3 is 19.5 Å². The Kier molecular flexibility index (Phi) is 5.63. The van der Waals surface area contributed by atoms with Gasteiger partial charge in [-0.05, 0) is 19.4 Å². The fourth-order valence-corrected chi connectivity index (χ4v) is 3.40. The molecule has 0 unspecified atom stereocenters. The van der Waals surface area contributed by atoms with Crippen LogP contribution in [0.15, 0.2) is 36.3 Å². The number of hydrogen-bond acceptors (Lipinski definition) is 7. The van der Waals surface area contributed by atoms with Gasteiger partial charge in [0.15, 0.2) is 11.5 Å². The Labute approximate surface area is 158 Å². The minimum absolute atomic E-state index is 0.293. The maximum atomic E-state index is 12.9. The zero-order chi connectivity index (χ0) is 19.4. The van der Waals surface area contributed by atoms with Crippen molar-refractivity contribution >= 4 is 11.9 Å². The Morgan fingerprint density at radius 2 is 2.11 bits per heavy atom. The van der Waals surface area contributed by atoms with E-state index in [2.05, 4.69) is 15.4 Å². The summed E-state index contributed by atoms with van der Waals surface area (Å²) >= 11 is 0. The summed E-state index contributed by atoms with van der Waals surface area (Å²) < 4.78 is 18.1. The lowest BCUT2D eigenvalue weighted by molar-refractivity contribution is -0.147. The topological polar surface area (TPSA) is 87.5 Å². The first-order valence-electron chi connectivity index (χ1n) is 8.90. The van der Waals surface area contributed by atoms with Crippen molar-refractivity contribution in [2.75, 3.05) is 26.1 Å². The van der Waals surface area contributed by atoms with Crippen LogP contribution in [0.5, 0.6) is 11.5 Å². The van der Waals surface area contributed by atoms with Gasteiger partial charge in [0.05, 0.1) is 20.8 Å². The first-order valence-corrected chi connectivity index (χ1v) is 8.90. The predicted octanol–water partition coefficient (Wildman–Crippen LogP) is 2.78. The number of ether oxygens (including phenoxy) is 3. The quantitative estimate of drug-likeness (QED) is 0.780. The maximum Gasteiger partial charge on any atom is 0.317 e. The van der Waals surface area contributed by atoms with Crippen molar-refractivity contribution in [1.82, 2.24) is 14.8 Å². The molecule has 0 bridgehead atoms. The molecule has 2 heterocycles. The highest BCUT2D eigenvalue weighted by Crippen LogP contribution is 2.44. The summed E-state index contributed by atoms with van der Waals surface area (Å²) in [6.07, 6.45) is 4.19. The summed E-state index contributed by atoms with van der Waals surface area (Å²) in [6, 6.07) is 5.10. The highest BCUT2D eigenvalue weighted by molar-refractivity contribution is 5.79. The average molecular weight is 372 g/mol. The molecule has 1 aromatic carbocycles. The Morgan fingerprint density at radius 3 is 2.78 bits per heavy atom. The first kappa shape index (κ1) is 18.8. The number of hydrogen-bond donors (Lipinski definition) is 1. The molecule has 1 aliphatic heterocycles. The first-order chi connectivity index (χ1) is 13.2. The normalized spacial score (nSPS) is 19.9. The second kappa shape index (κ2) is 8.11. The lowest BCUT2D eigenvalue weighted by Gasteiger charge is -2.34. The van der Waals surface area contributed by atoms with Crippen molar-refractivity contribution in [2.45, 2.75) is 26.3 Å². The van der Waals surface area contributed by atoms with Gasteiger partial charge in [0.2, 0.25) is 5.95 Å². The monoisotopic (exact) mass is 372 g/mol. The lowest BCUT2D eigenvalue weighted by atomic mass is 9.87. The van der Waals surface area contributed by atoms with Gasteiger partial charge >= 0.3 is 5.97 Å². The molecule has 0 spiro atoms. The van der Waals surface area contributed by atoms with Gasteiger partial charge in [-0.2, -0.15) is 10.1 Å². The zero-order valence-corrected chi connectivity index (χ0v) is 15.9. The number of nitrogens with one attached hydrogen (secondary N) is 1. The molecule has 1 aromatic heterocycles. The largest absolute Gasteiger partial charge is 0.493 e. The number of esters is 1. The molecule has 8 heteroatoms. The van der Waals surface area contributed by atoms with E-state index < -0.39 is 12.0 Å². The number of fused-ring (bicyclic) bond motifs is 1. The fourth-order valence-electron chi connectivity index (χ4n) is 3.40. The summed E-state index contributed by atoms with van der Waals surface area (Å²) in [4.78, 5) is 17.2. The van der Waals surface area contributed by atoms with Gasteiger partial charge in [0.1, 0.15) is 18.3 Å². The molecule has 144 valence electrons. The molecule has 2 atom stereocenters. The molecule has 0 fully saturated rings. The molecular formula is C19H24N4O4. The lowest BCUT2D eigenvalue weighted by Crippen LogP contribution is -2.38. The van der Waals surface area contributed by atoms with Crippen LogP contribution in [-0.2, 0) is 9.53 Å². The molecule has 0 saturated carbocycles. The highest BCUT2D eigenvalue weighted by Gasteiger charge is 2.42. The Bertz CT molecular complexity index is 846. The van der Waals surface area contributed by atoms with Gasteiger partial charge in [0, 0.05) is 11.3 Å². The van der Waals surface area contributed by atoms with Gasteiger partial charge in [-0.3, -0.25) is 4.79 Å². The van der Waals surface area contributed by atoms with Crippen LogP contribution in [-0.4, -0.2) is 41.6 Å². The van der Waals surface area contributed by atoms with Crippen molar-refractivity contribution < 1.29 is 19.0 Å². The summed E-state index contributed by atoms with van der Waals surface area (Å²) in [6.45, 7) is 4.09. The van der Waals surface area contributed by atoms with Crippen molar-refractivity contribution in [3.05, 3.63) is 41.9 Å². The van der Waals surface area contributed by atoms with Crippen LogP contribution in [0.3, 0.4) is 0 Å². The third-order valence-electron chi connectivity index (χ3n) is 4.46. The van der Waals surface area contributed by atoms with Crippen molar-refractivity contribution in [3.63, 3.8) is 0 Å². The van der Waals surface area contributed by atoms with E-state index in [-0.39, 0.29) is 5.97 Å². The van der Waals surface area contributed by atoms with Crippen molar-refractivity contribution in [2.24, 2.45) is 5.92 Å². The SMILES string of the molecule is CC/C=C1\Nc2ncnn2[C@H](c2cccc(OC)c2OC)[C@@H]1C(=O)OCC. The van der Waals surface area contributed by atoms with Gasteiger partial charge in [-0.25, -0.2) is 4.68 Å². The molecule has 27 heavy (non-hydrogen) atoms. The van der Waals surface area contributed by atoms with E-state index in [1.807, 2.05) is 31.2 Å². The van der Waals surface area contributed by atoms with Crippen LogP contribution < -0.4 is 14.8 Å². The van der Waals surface area contributed by atoms with Gasteiger partial charge in [-0.15, -0.1) is 0 Å². The van der Waals surface area contributed by atoms with E-state index in [9.17, 15) is 4.79 Å². The summed E-state index contributed by atoms with van der Waals surface area (Å²) in [5, 5.41) is 7.56. The van der Waals surface area contributed by atoms with E-state index in [4.69, 9.17) is 14.2 Å². The number of methoxy groups -OCH3 is 2. The molecule has 0 saturated heterocycles.